The predicted octanol–water partition coefficient (Wildman–Crippen LogP) is 3.10. The third-order valence-electron chi connectivity index (χ3n) is 2.09. The van der Waals surface area contributed by atoms with Gasteiger partial charge in [0.2, 0.25) is 0 Å². The number of nitrogens with zero attached hydrogens (tertiary/aromatic N) is 1. The van der Waals surface area contributed by atoms with Gasteiger partial charge in [0.05, 0.1) is 5.55 Å². The van der Waals surface area contributed by atoms with Crippen LogP contribution in [0.1, 0.15) is 39.5 Å². The monoisotopic (exact) mass is 171 g/mol. The Hall–Kier alpha value is 0.0200. The van der Waals surface area contributed by atoms with Gasteiger partial charge >= 0.3 is 0 Å². The van der Waals surface area contributed by atoms with E-state index in [0.29, 0.717) is 6.04 Å². The van der Waals surface area contributed by atoms with Crippen LogP contribution in [0.3, 0.4) is 0 Å². The molecule has 64 valence electrons. The Morgan fingerprint density at radius 3 is 2.82 bits per heavy atom. The summed E-state index contributed by atoms with van der Waals surface area (Å²) in [5.74, 6) is 0. The Morgan fingerprint density at radius 2 is 2.00 bits per heavy atom. The summed E-state index contributed by atoms with van der Waals surface area (Å²) in [6, 6.07) is 0.549. The van der Waals surface area contributed by atoms with Gasteiger partial charge in [0, 0.05) is 11.3 Å². The van der Waals surface area contributed by atoms with Crippen LogP contribution in [0.2, 0.25) is 0 Å². The Labute approximate surface area is 73.7 Å². The van der Waals surface area contributed by atoms with Crippen molar-refractivity contribution in [2.75, 3.05) is 0 Å². The third kappa shape index (κ3) is 3.80. The predicted molar refractivity (Wildman–Crippen MR) is 53.5 cm³/mol. The topological polar surface area (TPSA) is 12.4 Å². The highest BCUT2D eigenvalue weighted by atomic mass is 32.2. The van der Waals surface area contributed by atoms with Gasteiger partial charge in [0.15, 0.2) is 0 Å². The molecule has 2 heteroatoms. The van der Waals surface area contributed by atoms with Crippen LogP contribution in [0.5, 0.6) is 0 Å². The minimum absolute atomic E-state index is 0.549. The van der Waals surface area contributed by atoms with Gasteiger partial charge in [-0.3, -0.25) is 4.99 Å². The molecule has 0 radical (unpaired) electrons. The van der Waals surface area contributed by atoms with Gasteiger partial charge in [-0.15, -0.1) is 11.8 Å². The standard InChI is InChI=1S/C9H17NS/c1-8-5-3-4-6-9(2)11-7-10-8/h7-9H,3-6H2,1-2H3/b10-7-. The molecule has 2 atom stereocenters. The summed E-state index contributed by atoms with van der Waals surface area (Å²) in [4.78, 5) is 4.43. The third-order valence-corrected chi connectivity index (χ3v) is 3.03. The SMILES string of the molecule is CC1CCCCC(C)S/C=N\1. The molecule has 1 aliphatic heterocycles. The van der Waals surface area contributed by atoms with Crippen LogP contribution in [-0.4, -0.2) is 16.8 Å². The van der Waals surface area contributed by atoms with E-state index >= 15 is 0 Å². The van der Waals surface area contributed by atoms with Crippen LogP contribution in [-0.2, 0) is 0 Å². The molecule has 0 saturated carbocycles. The Kier molecular flexibility index (Phi) is 3.98. The number of hydrogen-bond donors (Lipinski definition) is 0. The van der Waals surface area contributed by atoms with Crippen molar-refractivity contribution in [1.82, 2.24) is 0 Å². The van der Waals surface area contributed by atoms with Crippen LogP contribution < -0.4 is 0 Å². The van der Waals surface area contributed by atoms with E-state index in [9.17, 15) is 0 Å². The molecule has 0 aromatic carbocycles. The molecule has 11 heavy (non-hydrogen) atoms. The highest BCUT2D eigenvalue weighted by Gasteiger charge is 2.05. The lowest BCUT2D eigenvalue weighted by atomic mass is 10.1. The van der Waals surface area contributed by atoms with E-state index in [2.05, 4.69) is 18.8 Å². The number of hydrogen-bond acceptors (Lipinski definition) is 2. The lowest BCUT2D eigenvalue weighted by Crippen LogP contribution is -1.96. The number of thioether (sulfide) groups is 1. The zero-order valence-electron chi connectivity index (χ0n) is 7.42. The minimum Gasteiger partial charge on any atom is -0.283 e. The first-order chi connectivity index (χ1) is 5.29. The largest absolute Gasteiger partial charge is 0.283 e. The van der Waals surface area contributed by atoms with E-state index in [0.717, 1.165) is 5.25 Å². The van der Waals surface area contributed by atoms with E-state index in [1.165, 1.54) is 25.7 Å². The summed E-state index contributed by atoms with van der Waals surface area (Å²) >= 11 is 1.88. The molecule has 0 amide bonds. The molecule has 0 saturated heterocycles. The molecule has 0 aliphatic carbocycles. The van der Waals surface area contributed by atoms with Gasteiger partial charge in [-0.05, 0) is 19.8 Å². The summed E-state index contributed by atoms with van der Waals surface area (Å²) in [5, 5.41) is 0.768. The molecule has 1 rings (SSSR count). The molecule has 1 heterocycles. The van der Waals surface area contributed by atoms with Gasteiger partial charge < -0.3 is 0 Å². The van der Waals surface area contributed by atoms with Crippen molar-refractivity contribution in [2.45, 2.75) is 50.8 Å². The lowest BCUT2D eigenvalue weighted by molar-refractivity contribution is 0.584. The first kappa shape index (κ1) is 9.11. The molecule has 0 spiro atoms. The maximum absolute atomic E-state index is 4.43. The Morgan fingerprint density at radius 1 is 1.27 bits per heavy atom. The highest BCUT2D eigenvalue weighted by Crippen LogP contribution is 2.18. The van der Waals surface area contributed by atoms with Crippen molar-refractivity contribution in [3.8, 4) is 0 Å². The van der Waals surface area contributed by atoms with Crippen LogP contribution in [0, 0.1) is 0 Å². The summed E-state index contributed by atoms with van der Waals surface area (Å²) in [6.45, 7) is 4.49. The Bertz CT molecular complexity index is 134. The maximum atomic E-state index is 4.43. The van der Waals surface area contributed by atoms with Gasteiger partial charge in [-0.25, -0.2) is 0 Å². The highest BCUT2D eigenvalue weighted by molar-refractivity contribution is 8.12. The molecule has 1 nitrogen and oxygen atoms in total. The van der Waals surface area contributed by atoms with Gasteiger partial charge in [0.1, 0.15) is 0 Å². The van der Waals surface area contributed by atoms with Crippen LogP contribution >= 0.6 is 11.8 Å². The van der Waals surface area contributed by atoms with Crippen LogP contribution in [0.25, 0.3) is 0 Å². The summed E-state index contributed by atoms with van der Waals surface area (Å²) in [7, 11) is 0. The minimum atomic E-state index is 0.549. The fourth-order valence-electron chi connectivity index (χ4n) is 1.26. The van der Waals surface area contributed by atoms with E-state index in [4.69, 9.17) is 0 Å². The molecular formula is C9H17NS. The molecule has 0 aromatic rings. The summed E-state index contributed by atoms with van der Waals surface area (Å²) in [6.07, 6.45) is 5.35. The Balaban J connectivity index is 2.37. The zero-order chi connectivity index (χ0) is 8.10. The van der Waals surface area contributed by atoms with E-state index in [-0.39, 0.29) is 0 Å². The fourth-order valence-corrected chi connectivity index (χ4v) is 2.05. The zero-order valence-corrected chi connectivity index (χ0v) is 8.23. The molecular weight excluding hydrogens is 154 g/mol. The van der Waals surface area contributed by atoms with E-state index in [1.807, 2.05) is 17.3 Å². The summed E-state index contributed by atoms with van der Waals surface area (Å²) < 4.78 is 0. The first-order valence-corrected chi connectivity index (χ1v) is 5.40. The lowest BCUT2D eigenvalue weighted by Gasteiger charge is -2.04. The van der Waals surface area contributed by atoms with Crippen molar-refractivity contribution >= 4 is 17.3 Å². The van der Waals surface area contributed by atoms with Crippen molar-refractivity contribution in [2.24, 2.45) is 4.99 Å². The molecule has 1 aliphatic rings. The van der Waals surface area contributed by atoms with Crippen LogP contribution in [0.4, 0.5) is 0 Å². The maximum Gasteiger partial charge on any atom is 0.0546 e. The molecule has 0 fully saturated rings. The van der Waals surface area contributed by atoms with E-state index in [1.54, 1.807) is 0 Å². The molecule has 0 aromatic heterocycles. The van der Waals surface area contributed by atoms with Crippen molar-refractivity contribution in [1.29, 1.82) is 0 Å². The fraction of sp³-hybridized carbons (Fsp3) is 0.889. The number of rotatable bonds is 0. The second kappa shape index (κ2) is 4.81. The summed E-state index contributed by atoms with van der Waals surface area (Å²) in [5.41, 5.74) is 2.04. The average Bonchev–Trinajstić information content (AvgIpc) is 2.04. The smallest absolute Gasteiger partial charge is 0.0546 e. The molecule has 2 unspecified atom stereocenters. The molecule has 0 N–H and O–H groups in total. The number of aliphatic imine (C=N–C) groups is 1. The first-order valence-electron chi connectivity index (χ1n) is 4.46. The van der Waals surface area contributed by atoms with Gasteiger partial charge in [0.25, 0.3) is 0 Å². The average molecular weight is 171 g/mol. The van der Waals surface area contributed by atoms with E-state index < -0.39 is 0 Å². The second-order valence-corrected chi connectivity index (χ2v) is 4.62. The normalized spacial score (nSPS) is 36.9. The van der Waals surface area contributed by atoms with Crippen molar-refractivity contribution in [3.05, 3.63) is 0 Å². The van der Waals surface area contributed by atoms with Gasteiger partial charge in [-0.2, -0.15) is 0 Å². The second-order valence-electron chi connectivity index (χ2n) is 3.33. The van der Waals surface area contributed by atoms with Crippen LogP contribution in [0.15, 0.2) is 4.99 Å². The van der Waals surface area contributed by atoms with Gasteiger partial charge in [-0.1, -0.05) is 19.8 Å². The van der Waals surface area contributed by atoms with Crippen molar-refractivity contribution in [3.63, 3.8) is 0 Å². The van der Waals surface area contributed by atoms with Crippen molar-refractivity contribution < 1.29 is 0 Å². The molecule has 0 bridgehead atoms. The quantitative estimate of drug-likeness (QED) is 0.545.